The first-order valence-electron chi connectivity index (χ1n) is 9.57. The van der Waals surface area contributed by atoms with E-state index in [2.05, 4.69) is 43.4 Å². The van der Waals surface area contributed by atoms with Crippen LogP contribution in [-0.4, -0.2) is 20.4 Å². The number of hydrogen-bond donors (Lipinski definition) is 1. The van der Waals surface area contributed by atoms with Crippen LogP contribution < -0.4 is 0 Å². The molecule has 0 aromatic carbocycles. The van der Waals surface area contributed by atoms with Crippen LogP contribution in [0.3, 0.4) is 0 Å². The first-order chi connectivity index (χ1) is 10.7. The summed E-state index contributed by atoms with van der Waals surface area (Å²) in [5.74, 6) is 3.30. The smallest absolute Gasteiger partial charge is 0.133 e. The molecule has 0 aromatic rings. The molecular weight excluding hydrogens is 399 g/mol. The van der Waals surface area contributed by atoms with Crippen molar-refractivity contribution < 1.29 is 9.90 Å². The summed E-state index contributed by atoms with van der Waals surface area (Å²) in [7, 11) is 0. The van der Waals surface area contributed by atoms with Gasteiger partial charge in [-0.15, -0.1) is 0 Å². The van der Waals surface area contributed by atoms with Gasteiger partial charge in [0.25, 0.3) is 0 Å². The molecule has 3 heteroatoms. The van der Waals surface area contributed by atoms with Gasteiger partial charge in [0.2, 0.25) is 0 Å². The lowest BCUT2D eigenvalue weighted by molar-refractivity contribution is -0.149. The maximum absolute atomic E-state index is 12.0. The molecule has 2 nitrogen and oxygen atoms in total. The second-order valence-electron chi connectivity index (χ2n) is 9.76. The molecule has 1 N–H and O–H groups in total. The van der Waals surface area contributed by atoms with Crippen molar-refractivity contribution in [2.45, 2.75) is 81.7 Å². The van der Waals surface area contributed by atoms with Crippen LogP contribution in [0.25, 0.3) is 0 Å². The van der Waals surface area contributed by atoms with Gasteiger partial charge >= 0.3 is 0 Å². The first kappa shape index (κ1) is 16.8. The lowest BCUT2D eigenvalue weighted by Gasteiger charge is -2.62. The highest BCUT2D eigenvalue weighted by Gasteiger charge is 2.64. The molecule has 0 unspecified atom stereocenters. The molecule has 4 rings (SSSR count). The van der Waals surface area contributed by atoms with Crippen molar-refractivity contribution in [3.05, 3.63) is 0 Å². The number of fused-ring (bicyclic) bond motifs is 5. The lowest BCUT2D eigenvalue weighted by Crippen LogP contribution is -2.58. The molecule has 0 bridgehead atoms. The minimum absolute atomic E-state index is 0.102. The van der Waals surface area contributed by atoms with Crippen LogP contribution in [0.5, 0.6) is 0 Å². The van der Waals surface area contributed by atoms with Crippen LogP contribution in [0.1, 0.15) is 72.1 Å². The number of halogens is 1. The predicted octanol–water partition coefficient (Wildman–Crippen LogP) is 4.76. The topological polar surface area (TPSA) is 37.3 Å². The molecule has 0 spiro atoms. The average Bonchev–Trinajstić information content (AvgIpc) is 2.72. The molecule has 23 heavy (non-hydrogen) atoms. The Kier molecular flexibility index (Phi) is 3.79. The Morgan fingerprint density at radius 1 is 1.09 bits per heavy atom. The fraction of sp³-hybridized carbons (Fsp3) is 0.950. The standard InChI is InChI=1S/C20H31IO2/c1-18-7-4-13(22)10-12(18)11-16(21)17-14(18)5-8-19(2)15(17)6-9-20(19,3)23/h12,14-17,23H,4-11H2,1-3H3/t12-,14+,15+,16-,17-,18+,19+,20+/m1/s1. The normalized spacial score (nSPS) is 59.2. The van der Waals surface area contributed by atoms with Gasteiger partial charge in [-0.2, -0.15) is 0 Å². The highest BCUT2D eigenvalue weighted by Crippen LogP contribution is 2.68. The van der Waals surface area contributed by atoms with Crippen LogP contribution in [0.4, 0.5) is 0 Å². The molecule has 0 amide bonds. The van der Waals surface area contributed by atoms with Gasteiger partial charge < -0.3 is 5.11 Å². The largest absolute Gasteiger partial charge is 0.390 e. The van der Waals surface area contributed by atoms with Gasteiger partial charge in [0.15, 0.2) is 0 Å². The molecule has 130 valence electrons. The molecule has 0 heterocycles. The van der Waals surface area contributed by atoms with Crippen molar-refractivity contribution in [3.8, 4) is 0 Å². The maximum atomic E-state index is 12.0. The summed E-state index contributed by atoms with van der Waals surface area (Å²) in [6, 6.07) is 0. The molecule has 0 aromatic heterocycles. The number of rotatable bonds is 0. The van der Waals surface area contributed by atoms with E-state index in [-0.39, 0.29) is 5.41 Å². The predicted molar refractivity (Wildman–Crippen MR) is 101 cm³/mol. The Morgan fingerprint density at radius 3 is 2.52 bits per heavy atom. The van der Waals surface area contributed by atoms with E-state index in [0.717, 1.165) is 37.5 Å². The van der Waals surface area contributed by atoms with Crippen LogP contribution in [0.2, 0.25) is 0 Å². The maximum Gasteiger partial charge on any atom is 0.133 e. The average molecular weight is 430 g/mol. The van der Waals surface area contributed by atoms with E-state index in [1.807, 2.05) is 0 Å². The monoisotopic (exact) mass is 430 g/mol. The number of Topliss-reactive ketones (excluding diaryl/α,β-unsaturated/α-hetero) is 1. The van der Waals surface area contributed by atoms with Gasteiger partial charge in [-0.05, 0) is 80.0 Å². The van der Waals surface area contributed by atoms with E-state index >= 15 is 0 Å². The van der Waals surface area contributed by atoms with Gasteiger partial charge in [-0.25, -0.2) is 0 Å². The Morgan fingerprint density at radius 2 is 1.78 bits per heavy atom. The molecule has 4 fully saturated rings. The summed E-state index contributed by atoms with van der Waals surface area (Å²) < 4.78 is 0.681. The molecule has 8 atom stereocenters. The molecule has 4 saturated carbocycles. The summed E-state index contributed by atoms with van der Waals surface area (Å²) in [5, 5.41) is 11.0. The van der Waals surface area contributed by atoms with Crippen LogP contribution >= 0.6 is 22.6 Å². The third-order valence-corrected chi connectivity index (χ3v) is 10.4. The second-order valence-corrected chi connectivity index (χ2v) is 11.4. The third-order valence-electron chi connectivity index (χ3n) is 9.02. The van der Waals surface area contributed by atoms with Gasteiger partial charge in [0.05, 0.1) is 5.60 Å². The number of hydrogen-bond acceptors (Lipinski definition) is 2. The van der Waals surface area contributed by atoms with Gasteiger partial charge in [-0.1, -0.05) is 36.4 Å². The Labute approximate surface area is 154 Å². The van der Waals surface area contributed by atoms with E-state index in [1.54, 1.807) is 0 Å². The van der Waals surface area contributed by atoms with E-state index in [4.69, 9.17) is 0 Å². The van der Waals surface area contributed by atoms with Crippen molar-refractivity contribution in [3.63, 3.8) is 0 Å². The Balaban J connectivity index is 1.70. The van der Waals surface area contributed by atoms with E-state index in [9.17, 15) is 9.90 Å². The molecule has 0 aliphatic heterocycles. The molecular formula is C20H31IO2. The summed E-state index contributed by atoms with van der Waals surface area (Å²) in [5.41, 5.74) is -0.0133. The second kappa shape index (κ2) is 5.18. The van der Waals surface area contributed by atoms with Gasteiger partial charge in [-0.3, -0.25) is 4.79 Å². The van der Waals surface area contributed by atoms with E-state index in [1.165, 1.54) is 25.7 Å². The highest BCUT2D eigenvalue weighted by molar-refractivity contribution is 14.1. The minimum Gasteiger partial charge on any atom is -0.390 e. The summed E-state index contributed by atoms with van der Waals surface area (Å²) >= 11 is 2.70. The van der Waals surface area contributed by atoms with E-state index in [0.29, 0.717) is 27.0 Å². The van der Waals surface area contributed by atoms with Crippen LogP contribution in [-0.2, 0) is 4.79 Å². The van der Waals surface area contributed by atoms with Crippen molar-refractivity contribution in [1.82, 2.24) is 0 Å². The quantitative estimate of drug-likeness (QED) is 0.444. The molecule has 0 saturated heterocycles. The fourth-order valence-corrected chi connectivity index (χ4v) is 8.82. The molecule has 4 aliphatic rings. The lowest BCUT2D eigenvalue weighted by atomic mass is 9.44. The first-order valence-corrected chi connectivity index (χ1v) is 10.8. The minimum atomic E-state index is -0.487. The van der Waals surface area contributed by atoms with E-state index < -0.39 is 5.60 Å². The third kappa shape index (κ3) is 2.17. The van der Waals surface area contributed by atoms with Crippen LogP contribution in [0, 0.1) is 34.5 Å². The summed E-state index contributed by atoms with van der Waals surface area (Å²) in [6.45, 7) is 6.95. The SMILES string of the molecule is C[C@]12CCC(=O)C[C@@H]1C[C@@H](I)[C@@H]1[C@@H]2CC[C@@]2(C)[C@H]1CC[C@]2(C)O. The Hall–Kier alpha value is 0.360. The highest BCUT2D eigenvalue weighted by atomic mass is 127. The van der Waals surface area contributed by atoms with Gasteiger partial charge in [0.1, 0.15) is 5.78 Å². The van der Waals surface area contributed by atoms with Gasteiger partial charge in [0, 0.05) is 16.8 Å². The summed E-state index contributed by atoms with van der Waals surface area (Å²) in [6.07, 6.45) is 8.57. The Bertz CT molecular complexity index is 530. The molecule has 4 aliphatic carbocycles. The number of ketones is 1. The van der Waals surface area contributed by atoms with Crippen LogP contribution in [0.15, 0.2) is 0 Å². The number of carbonyl (C=O) groups is 1. The van der Waals surface area contributed by atoms with Crippen molar-refractivity contribution >= 4 is 28.4 Å². The number of aliphatic hydroxyl groups is 1. The molecule has 0 radical (unpaired) electrons. The zero-order valence-corrected chi connectivity index (χ0v) is 16.9. The number of alkyl halides is 1. The summed E-state index contributed by atoms with van der Waals surface area (Å²) in [4.78, 5) is 12.0. The fourth-order valence-electron chi connectivity index (χ4n) is 7.21. The van der Waals surface area contributed by atoms with Crippen molar-refractivity contribution in [1.29, 1.82) is 0 Å². The van der Waals surface area contributed by atoms with Crippen molar-refractivity contribution in [2.75, 3.05) is 0 Å². The zero-order valence-electron chi connectivity index (χ0n) is 14.8. The zero-order chi connectivity index (χ0) is 16.6. The van der Waals surface area contributed by atoms with Crippen molar-refractivity contribution in [2.24, 2.45) is 34.5 Å². The number of carbonyl (C=O) groups excluding carboxylic acids is 1.